The number of nitrogens with one attached hydrogen (secondary N) is 2. The van der Waals surface area contributed by atoms with Crippen molar-refractivity contribution >= 4 is 45.4 Å². The molecule has 1 aliphatic rings. The highest BCUT2D eigenvalue weighted by atomic mass is 127. The van der Waals surface area contributed by atoms with Gasteiger partial charge in [-0.1, -0.05) is 0 Å². The van der Waals surface area contributed by atoms with Crippen LogP contribution in [-0.4, -0.2) is 10.9 Å². The van der Waals surface area contributed by atoms with Crippen LogP contribution in [0.2, 0.25) is 0 Å². The lowest BCUT2D eigenvalue weighted by atomic mass is 10.2. The van der Waals surface area contributed by atoms with Gasteiger partial charge < -0.3 is 10.6 Å². The normalized spacial score (nSPS) is 15.2. The van der Waals surface area contributed by atoms with Crippen molar-refractivity contribution < 1.29 is 4.79 Å². The lowest BCUT2D eigenvalue weighted by Gasteiger charge is -2.02. The maximum absolute atomic E-state index is 11.8. The molecule has 3 rings (SSSR count). The van der Waals surface area contributed by atoms with Gasteiger partial charge in [0.2, 0.25) is 0 Å². The number of hydrogen-bond donors (Lipinski definition) is 2. The maximum atomic E-state index is 11.8. The van der Waals surface area contributed by atoms with E-state index in [0.717, 1.165) is 11.4 Å². The van der Waals surface area contributed by atoms with Crippen molar-refractivity contribution in [3.05, 3.63) is 58.1 Å². The first-order valence-electron chi connectivity index (χ1n) is 5.73. The molecule has 1 aliphatic heterocycles. The largest absolute Gasteiger partial charge is 0.361 e. The predicted octanol–water partition coefficient (Wildman–Crippen LogP) is 3.09. The molecule has 5 heteroatoms. The van der Waals surface area contributed by atoms with Crippen molar-refractivity contribution in [2.24, 2.45) is 0 Å². The summed E-state index contributed by atoms with van der Waals surface area (Å²) in [6.45, 7) is 0. The van der Waals surface area contributed by atoms with Crippen LogP contribution in [0.5, 0.6) is 0 Å². The Bertz CT molecular complexity index is 665. The molecule has 19 heavy (non-hydrogen) atoms. The lowest BCUT2D eigenvalue weighted by molar-refractivity contribution is -0.110. The maximum Gasteiger partial charge on any atom is 0.259 e. The first-order chi connectivity index (χ1) is 9.24. The average Bonchev–Trinajstić information content (AvgIpc) is 2.74. The van der Waals surface area contributed by atoms with Crippen LogP contribution < -0.4 is 10.6 Å². The minimum absolute atomic E-state index is 0.133. The molecule has 0 fully saturated rings. The number of nitrogens with zero attached hydrogens (tertiary/aromatic N) is 1. The van der Waals surface area contributed by atoms with Gasteiger partial charge in [0.1, 0.15) is 5.69 Å². The van der Waals surface area contributed by atoms with Crippen LogP contribution in [0.1, 0.15) is 5.69 Å². The fourth-order valence-electron chi connectivity index (χ4n) is 1.85. The second-order valence-corrected chi connectivity index (χ2v) is 5.31. The number of hydrogen-bond acceptors (Lipinski definition) is 3. The average molecular weight is 363 g/mol. The quantitative estimate of drug-likeness (QED) is 0.637. The van der Waals surface area contributed by atoms with Gasteiger partial charge in [-0.25, -0.2) is 0 Å². The van der Waals surface area contributed by atoms with Crippen molar-refractivity contribution in [3.63, 3.8) is 0 Å². The summed E-state index contributed by atoms with van der Waals surface area (Å²) in [5.41, 5.74) is 2.92. The fraction of sp³-hybridized carbons (Fsp3) is 0. The molecule has 1 aromatic carbocycles. The zero-order valence-electron chi connectivity index (χ0n) is 9.85. The van der Waals surface area contributed by atoms with Gasteiger partial charge in [0.15, 0.2) is 0 Å². The van der Waals surface area contributed by atoms with Crippen LogP contribution in [0.4, 0.5) is 11.4 Å². The third kappa shape index (κ3) is 2.46. The zero-order valence-corrected chi connectivity index (χ0v) is 12.0. The molecular formula is C14H10IN3O. The van der Waals surface area contributed by atoms with Crippen molar-refractivity contribution in [1.29, 1.82) is 0 Å². The van der Waals surface area contributed by atoms with E-state index in [-0.39, 0.29) is 5.91 Å². The first kappa shape index (κ1) is 12.2. The summed E-state index contributed by atoms with van der Waals surface area (Å²) in [6, 6.07) is 11.6. The first-order valence-corrected chi connectivity index (χ1v) is 6.81. The number of halogens is 1. The summed E-state index contributed by atoms with van der Waals surface area (Å²) in [6.07, 6.45) is 3.37. The molecule has 1 amide bonds. The van der Waals surface area contributed by atoms with E-state index in [0.29, 0.717) is 11.3 Å². The number of fused-ring (bicyclic) bond motifs is 1. The molecule has 1 aromatic heterocycles. The van der Waals surface area contributed by atoms with Crippen molar-refractivity contribution in [3.8, 4) is 0 Å². The van der Waals surface area contributed by atoms with Crippen LogP contribution in [0.3, 0.4) is 0 Å². The van der Waals surface area contributed by atoms with E-state index in [2.05, 4.69) is 38.2 Å². The summed E-state index contributed by atoms with van der Waals surface area (Å²) in [7, 11) is 0. The number of rotatable bonds is 2. The van der Waals surface area contributed by atoms with Gasteiger partial charge in [-0.15, -0.1) is 0 Å². The van der Waals surface area contributed by atoms with E-state index in [1.165, 1.54) is 3.57 Å². The molecular weight excluding hydrogens is 353 g/mol. The molecule has 0 saturated carbocycles. The number of carbonyl (C=O) groups excluding carboxylic acids is 1. The third-order valence-corrected chi connectivity index (χ3v) is 3.50. The Balaban J connectivity index is 1.88. The second kappa shape index (κ2) is 5.00. The molecule has 2 N–H and O–H groups in total. The second-order valence-electron chi connectivity index (χ2n) is 4.06. The Morgan fingerprint density at radius 3 is 2.79 bits per heavy atom. The van der Waals surface area contributed by atoms with E-state index in [1.807, 2.05) is 30.3 Å². The topological polar surface area (TPSA) is 54.0 Å². The summed E-state index contributed by atoms with van der Waals surface area (Å²) >= 11 is 2.25. The molecule has 94 valence electrons. The number of pyridine rings is 1. The Kier molecular flexibility index (Phi) is 3.20. The molecule has 0 bridgehead atoms. The van der Waals surface area contributed by atoms with Gasteiger partial charge in [-0.3, -0.25) is 9.78 Å². The van der Waals surface area contributed by atoms with E-state index in [1.54, 1.807) is 18.5 Å². The monoisotopic (exact) mass is 363 g/mol. The van der Waals surface area contributed by atoms with Crippen molar-refractivity contribution in [1.82, 2.24) is 4.98 Å². The van der Waals surface area contributed by atoms with Gasteiger partial charge in [0.05, 0.1) is 11.3 Å². The van der Waals surface area contributed by atoms with Gasteiger partial charge in [0.25, 0.3) is 5.91 Å². The van der Waals surface area contributed by atoms with Gasteiger partial charge in [0, 0.05) is 21.7 Å². The number of carbonyl (C=O) groups is 1. The van der Waals surface area contributed by atoms with Crippen LogP contribution in [0.15, 0.2) is 48.8 Å². The van der Waals surface area contributed by atoms with Crippen LogP contribution >= 0.6 is 22.6 Å². The van der Waals surface area contributed by atoms with E-state index in [9.17, 15) is 4.79 Å². The van der Waals surface area contributed by atoms with Gasteiger partial charge in [-0.05, 0) is 59.0 Å². The molecule has 2 heterocycles. The highest BCUT2D eigenvalue weighted by molar-refractivity contribution is 14.1. The number of aromatic nitrogens is 1. The van der Waals surface area contributed by atoms with E-state index >= 15 is 0 Å². The van der Waals surface area contributed by atoms with Crippen molar-refractivity contribution in [2.75, 3.05) is 10.6 Å². The summed E-state index contributed by atoms with van der Waals surface area (Å²) < 4.78 is 1.17. The van der Waals surface area contributed by atoms with Crippen LogP contribution in [0.25, 0.3) is 5.57 Å². The minimum atomic E-state index is -0.133. The highest BCUT2D eigenvalue weighted by Gasteiger charge is 2.24. The molecule has 0 atom stereocenters. The lowest BCUT2D eigenvalue weighted by Crippen LogP contribution is -2.05. The predicted molar refractivity (Wildman–Crippen MR) is 83.6 cm³/mol. The smallest absolute Gasteiger partial charge is 0.259 e. The van der Waals surface area contributed by atoms with Crippen molar-refractivity contribution in [2.45, 2.75) is 0 Å². The zero-order chi connectivity index (χ0) is 13.2. The standard InChI is InChI=1S/C14H10IN3O/c15-9-3-5-10(6-4-9)17-8-11-13-12(18-14(11)19)2-1-7-16-13/h1-8,17H,(H,18,19)/b11-8+. The SMILES string of the molecule is O=C1Nc2cccnc2/C1=C\Nc1ccc(I)cc1. The Morgan fingerprint density at radius 1 is 1.21 bits per heavy atom. The van der Waals surface area contributed by atoms with Gasteiger partial charge in [-0.2, -0.15) is 0 Å². The Hall–Kier alpha value is -1.89. The van der Waals surface area contributed by atoms with E-state index in [4.69, 9.17) is 0 Å². The third-order valence-electron chi connectivity index (χ3n) is 2.78. The fourth-order valence-corrected chi connectivity index (χ4v) is 2.21. The summed E-state index contributed by atoms with van der Waals surface area (Å²) in [5, 5.41) is 5.90. The summed E-state index contributed by atoms with van der Waals surface area (Å²) in [5.74, 6) is -0.133. The number of amides is 1. The molecule has 2 aromatic rings. The molecule has 0 radical (unpaired) electrons. The molecule has 0 saturated heterocycles. The molecule has 0 unspecified atom stereocenters. The molecule has 0 spiro atoms. The highest BCUT2D eigenvalue weighted by Crippen LogP contribution is 2.29. The number of benzene rings is 1. The summed E-state index contributed by atoms with van der Waals surface area (Å²) in [4.78, 5) is 16.1. The Labute approximate surface area is 124 Å². The van der Waals surface area contributed by atoms with Crippen LogP contribution in [-0.2, 0) is 4.79 Å². The number of anilines is 2. The minimum Gasteiger partial charge on any atom is -0.361 e. The molecule has 4 nitrogen and oxygen atoms in total. The Morgan fingerprint density at radius 2 is 2.00 bits per heavy atom. The molecule has 0 aliphatic carbocycles. The van der Waals surface area contributed by atoms with Gasteiger partial charge >= 0.3 is 0 Å². The van der Waals surface area contributed by atoms with E-state index < -0.39 is 0 Å². The van der Waals surface area contributed by atoms with Crippen LogP contribution in [0, 0.1) is 3.57 Å².